The topological polar surface area (TPSA) is 98.3 Å². The fourth-order valence-corrected chi connectivity index (χ4v) is 4.80. The molecule has 1 fully saturated rings. The Kier molecular flexibility index (Phi) is 3.99. The average Bonchev–Trinajstić information content (AvgIpc) is 3.27. The Labute approximate surface area is 149 Å². The molecule has 4 heterocycles. The third-order valence-electron chi connectivity index (χ3n) is 4.87. The first-order valence-corrected chi connectivity index (χ1v) is 9.66. The van der Waals surface area contributed by atoms with Gasteiger partial charge in [-0.3, -0.25) is 4.68 Å². The lowest BCUT2D eigenvalue weighted by atomic mass is 9.88. The molecule has 0 radical (unpaired) electrons. The monoisotopic (exact) mass is 379 g/mol. The molecule has 3 aromatic heterocycles. The quantitative estimate of drug-likeness (QED) is 0.670. The van der Waals surface area contributed by atoms with E-state index in [9.17, 15) is 12.8 Å². The van der Waals surface area contributed by atoms with Crippen LogP contribution in [-0.2, 0) is 17.1 Å². The fraction of sp³-hybridized carbons (Fsp3) is 0.467. The predicted molar refractivity (Wildman–Crippen MR) is 89.4 cm³/mol. The summed E-state index contributed by atoms with van der Waals surface area (Å²) in [4.78, 5) is 3.92. The summed E-state index contributed by atoms with van der Waals surface area (Å²) in [5.41, 5.74) is 1.59. The van der Waals surface area contributed by atoms with Gasteiger partial charge in [0, 0.05) is 26.3 Å². The van der Waals surface area contributed by atoms with Crippen LogP contribution in [0.5, 0.6) is 0 Å². The van der Waals surface area contributed by atoms with E-state index in [1.54, 1.807) is 20.2 Å². The van der Waals surface area contributed by atoms with Crippen molar-refractivity contribution in [2.24, 2.45) is 7.05 Å². The van der Waals surface area contributed by atoms with Crippen LogP contribution in [0.2, 0.25) is 0 Å². The molecule has 0 N–H and O–H groups in total. The van der Waals surface area contributed by atoms with Crippen molar-refractivity contribution < 1.29 is 12.8 Å². The van der Waals surface area contributed by atoms with Crippen LogP contribution in [0, 0.1) is 12.7 Å². The number of aryl methyl sites for hydroxylation is 1. The van der Waals surface area contributed by atoms with Gasteiger partial charge < -0.3 is 0 Å². The van der Waals surface area contributed by atoms with Crippen molar-refractivity contribution >= 4 is 15.7 Å². The van der Waals surface area contributed by atoms with E-state index in [4.69, 9.17) is 0 Å². The molecule has 1 aliphatic rings. The third kappa shape index (κ3) is 2.67. The minimum Gasteiger partial charge on any atom is -0.254 e. The lowest BCUT2D eigenvalue weighted by molar-refractivity contribution is 0.317. The highest BCUT2D eigenvalue weighted by atomic mass is 32.2. The molecule has 9 nitrogen and oxygen atoms in total. The molecule has 11 heteroatoms. The minimum atomic E-state index is -3.65. The van der Waals surface area contributed by atoms with Crippen molar-refractivity contribution in [3.8, 4) is 0 Å². The summed E-state index contributed by atoms with van der Waals surface area (Å²) >= 11 is 0. The number of hydrogen-bond acceptors (Lipinski definition) is 6. The van der Waals surface area contributed by atoms with E-state index in [1.807, 2.05) is 0 Å². The molecular weight excluding hydrogens is 361 g/mol. The molecular formula is C15H18FN7O2S. The zero-order valence-corrected chi connectivity index (χ0v) is 15.2. The smallest absolute Gasteiger partial charge is 0.254 e. The van der Waals surface area contributed by atoms with Gasteiger partial charge in [0.15, 0.2) is 11.5 Å². The molecule has 0 bridgehead atoms. The number of piperidine rings is 1. The standard InChI is InChI=1S/C15H18FN7O2S/c1-10-12(7-23-15(14(10)16)17-9-18-23)11-3-5-22(6-4-11)26(24,25)13-8-21(2)20-19-13/h7-9,11H,3-6H2,1-2H3. The van der Waals surface area contributed by atoms with Crippen molar-refractivity contribution in [3.05, 3.63) is 35.7 Å². The predicted octanol–water partition coefficient (Wildman–Crippen LogP) is 0.874. The Morgan fingerprint density at radius 3 is 2.62 bits per heavy atom. The normalized spacial score (nSPS) is 17.2. The van der Waals surface area contributed by atoms with Gasteiger partial charge in [0.1, 0.15) is 6.33 Å². The highest BCUT2D eigenvalue weighted by Gasteiger charge is 2.33. The second-order valence-electron chi connectivity index (χ2n) is 6.46. The van der Waals surface area contributed by atoms with Gasteiger partial charge in [-0.1, -0.05) is 5.21 Å². The summed E-state index contributed by atoms with van der Waals surface area (Å²) in [5.74, 6) is -0.319. The van der Waals surface area contributed by atoms with Crippen LogP contribution < -0.4 is 0 Å². The van der Waals surface area contributed by atoms with Crippen LogP contribution in [0.15, 0.2) is 23.7 Å². The van der Waals surface area contributed by atoms with Crippen molar-refractivity contribution in [3.63, 3.8) is 0 Å². The van der Waals surface area contributed by atoms with E-state index in [2.05, 4.69) is 20.4 Å². The molecule has 1 saturated heterocycles. The largest absolute Gasteiger partial charge is 0.264 e. The average molecular weight is 379 g/mol. The molecule has 0 aliphatic carbocycles. The van der Waals surface area contributed by atoms with Crippen molar-refractivity contribution in [2.75, 3.05) is 13.1 Å². The molecule has 0 atom stereocenters. The number of aromatic nitrogens is 6. The van der Waals surface area contributed by atoms with Gasteiger partial charge in [-0.2, -0.15) is 9.40 Å². The number of pyridine rings is 1. The minimum absolute atomic E-state index is 0.0512. The molecule has 0 spiro atoms. The van der Waals surface area contributed by atoms with Gasteiger partial charge in [-0.15, -0.1) is 5.10 Å². The number of sulfonamides is 1. The van der Waals surface area contributed by atoms with Gasteiger partial charge >= 0.3 is 0 Å². The van der Waals surface area contributed by atoms with E-state index in [-0.39, 0.29) is 22.4 Å². The van der Waals surface area contributed by atoms with Crippen molar-refractivity contribution in [2.45, 2.75) is 30.7 Å². The van der Waals surface area contributed by atoms with Gasteiger partial charge in [-0.25, -0.2) is 22.3 Å². The zero-order valence-electron chi connectivity index (χ0n) is 14.4. The molecule has 0 saturated carbocycles. The Balaban J connectivity index is 1.56. The number of halogens is 1. The van der Waals surface area contributed by atoms with Gasteiger partial charge in [0.05, 0.1) is 6.20 Å². The van der Waals surface area contributed by atoms with Crippen LogP contribution in [-0.4, -0.2) is 55.4 Å². The van der Waals surface area contributed by atoms with Gasteiger partial charge in [-0.05, 0) is 36.8 Å². The fourth-order valence-electron chi connectivity index (χ4n) is 3.42. The maximum atomic E-state index is 14.5. The Morgan fingerprint density at radius 1 is 1.23 bits per heavy atom. The van der Waals surface area contributed by atoms with E-state index in [1.165, 1.54) is 26.0 Å². The van der Waals surface area contributed by atoms with E-state index < -0.39 is 10.0 Å². The third-order valence-corrected chi connectivity index (χ3v) is 6.63. The lowest BCUT2D eigenvalue weighted by Crippen LogP contribution is -2.38. The van der Waals surface area contributed by atoms with Gasteiger partial charge in [0.25, 0.3) is 10.0 Å². The van der Waals surface area contributed by atoms with E-state index >= 15 is 0 Å². The van der Waals surface area contributed by atoms with E-state index in [0.29, 0.717) is 31.5 Å². The number of fused-ring (bicyclic) bond motifs is 1. The van der Waals surface area contributed by atoms with Crippen LogP contribution in [0.4, 0.5) is 4.39 Å². The summed E-state index contributed by atoms with van der Waals surface area (Å²) in [5, 5.41) is 11.4. The summed E-state index contributed by atoms with van der Waals surface area (Å²) in [7, 11) is -2.03. The number of rotatable bonds is 3. The van der Waals surface area contributed by atoms with Gasteiger partial charge in [0.2, 0.25) is 5.03 Å². The molecule has 3 aromatic rings. The maximum Gasteiger partial charge on any atom is 0.264 e. The molecule has 0 aromatic carbocycles. The van der Waals surface area contributed by atoms with Crippen LogP contribution in [0.1, 0.15) is 29.9 Å². The van der Waals surface area contributed by atoms with Crippen LogP contribution in [0.3, 0.4) is 0 Å². The first kappa shape index (κ1) is 17.0. The highest BCUT2D eigenvalue weighted by molar-refractivity contribution is 7.89. The van der Waals surface area contributed by atoms with E-state index in [0.717, 1.165) is 5.56 Å². The molecule has 0 unspecified atom stereocenters. The Bertz CT molecular complexity index is 1070. The Hall–Kier alpha value is -2.40. The molecule has 0 amide bonds. The number of nitrogens with zero attached hydrogens (tertiary/aromatic N) is 7. The first-order valence-electron chi connectivity index (χ1n) is 8.22. The van der Waals surface area contributed by atoms with Crippen LogP contribution in [0.25, 0.3) is 5.65 Å². The van der Waals surface area contributed by atoms with Crippen molar-refractivity contribution in [1.29, 1.82) is 0 Å². The number of hydrogen-bond donors (Lipinski definition) is 0. The molecule has 138 valence electrons. The molecule has 26 heavy (non-hydrogen) atoms. The molecule has 4 rings (SSSR count). The summed E-state index contributed by atoms with van der Waals surface area (Å²) in [6, 6.07) is 0. The Morgan fingerprint density at radius 2 is 1.96 bits per heavy atom. The zero-order chi connectivity index (χ0) is 18.5. The molecule has 1 aliphatic heterocycles. The maximum absolute atomic E-state index is 14.5. The second-order valence-corrected chi connectivity index (χ2v) is 8.35. The highest BCUT2D eigenvalue weighted by Crippen LogP contribution is 2.33. The van der Waals surface area contributed by atoms with Crippen molar-refractivity contribution in [1.82, 2.24) is 33.9 Å². The summed E-state index contributed by atoms with van der Waals surface area (Å²) in [6.07, 6.45) is 5.69. The second kappa shape index (κ2) is 6.09. The lowest BCUT2D eigenvalue weighted by Gasteiger charge is -2.31. The SMILES string of the molecule is Cc1c(C2CCN(S(=O)(=O)c3cn(C)nn3)CC2)cn2ncnc2c1F. The summed E-state index contributed by atoms with van der Waals surface area (Å²) < 4.78 is 44.0. The first-order chi connectivity index (χ1) is 12.4. The van der Waals surface area contributed by atoms with Crippen LogP contribution >= 0.6 is 0 Å². The summed E-state index contributed by atoms with van der Waals surface area (Å²) in [6.45, 7) is 2.42.